The monoisotopic (exact) mass is 484 g/mol. The first-order valence-electron chi connectivity index (χ1n) is 11.0. The Labute approximate surface area is 198 Å². The van der Waals surface area contributed by atoms with E-state index in [1.54, 1.807) is 36.4 Å². The Morgan fingerprint density at radius 2 is 1.88 bits per heavy atom. The van der Waals surface area contributed by atoms with Crippen molar-refractivity contribution in [3.8, 4) is 11.4 Å². The average molecular weight is 485 g/mol. The molecule has 1 saturated carbocycles. The molecule has 6 N–H and O–H groups in total. The highest BCUT2D eigenvalue weighted by Gasteiger charge is 2.44. The number of hydrogen-bond donors (Lipinski definition) is 4. The summed E-state index contributed by atoms with van der Waals surface area (Å²) in [7, 11) is -3.85. The van der Waals surface area contributed by atoms with E-state index in [-0.39, 0.29) is 16.2 Å². The van der Waals surface area contributed by atoms with Crippen LogP contribution in [0.3, 0.4) is 0 Å². The lowest BCUT2D eigenvalue weighted by atomic mass is 10.1. The molecular weight excluding hydrogens is 456 g/mol. The van der Waals surface area contributed by atoms with E-state index in [0.29, 0.717) is 41.6 Å². The molecule has 10 nitrogen and oxygen atoms in total. The molecule has 180 valence electrons. The SMILES string of the molecule is CC1(C(=O)Nc2cccc(NS(=O)(=O)c3ccc(-c4noc([C@@H](N)CCCN)n4)cc3)c2)CC1. The summed E-state index contributed by atoms with van der Waals surface area (Å²) in [6, 6.07) is 12.3. The lowest BCUT2D eigenvalue weighted by molar-refractivity contribution is -0.120. The number of nitrogens with zero attached hydrogens (tertiary/aromatic N) is 2. The predicted octanol–water partition coefficient (Wildman–Crippen LogP) is 3.01. The molecule has 0 bridgehead atoms. The van der Waals surface area contributed by atoms with E-state index >= 15 is 0 Å². The van der Waals surface area contributed by atoms with E-state index < -0.39 is 16.1 Å². The molecule has 0 unspecified atom stereocenters. The summed E-state index contributed by atoms with van der Waals surface area (Å²) in [6.45, 7) is 2.43. The zero-order valence-corrected chi connectivity index (χ0v) is 19.6. The minimum Gasteiger partial charge on any atom is -0.337 e. The van der Waals surface area contributed by atoms with Crippen LogP contribution in [-0.4, -0.2) is 31.0 Å². The Kier molecular flexibility index (Phi) is 6.69. The molecule has 1 atom stereocenters. The third kappa shape index (κ3) is 5.44. The van der Waals surface area contributed by atoms with Gasteiger partial charge in [-0.15, -0.1) is 0 Å². The molecule has 34 heavy (non-hydrogen) atoms. The summed E-state index contributed by atoms with van der Waals surface area (Å²) >= 11 is 0. The van der Waals surface area contributed by atoms with Crippen LogP contribution in [0.5, 0.6) is 0 Å². The van der Waals surface area contributed by atoms with Gasteiger partial charge in [-0.05, 0) is 74.7 Å². The molecule has 1 fully saturated rings. The normalized spacial score (nSPS) is 15.5. The second-order valence-corrected chi connectivity index (χ2v) is 10.4. The molecule has 0 radical (unpaired) electrons. The van der Waals surface area contributed by atoms with Gasteiger partial charge < -0.3 is 21.3 Å². The van der Waals surface area contributed by atoms with Crippen molar-refractivity contribution in [2.45, 2.75) is 43.5 Å². The van der Waals surface area contributed by atoms with Crippen LogP contribution in [0.2, 0.25) is 0 Å². The van der Waals surface area contributed by atoms with E-state index in [4.69, 9.17) is 16.0 Å². The number of rotatable bonds is 10. The first kappa shape index (κ1) is 23.9. The molecule has 0 spiro atoms. The number of carbonyl (C=O) groups excluding carboxylic acids is 1. The van der Waals surface area contributed by atoms with Gasteiger partial charge in [0.2, 0.25) is 17.6 Å². The molecule has 3 aromatic rings. The number of aromatic nitrogens is 2. The van der Waals surface area contributed by atoms with Gasteiger partial charge in [0.05, 0.1) is 16.6 Å². The predicted molar refractivity (Wildman–Crippen MR) is 128 cm³/mol. The van der Waals surface area contributed by atoms with Gasteiger partial charge >= 0.3 is 0 Å². The molecule has 2 aromatic carbocycles. The van der Waals surface area contributed by atoms with Gasteiger partial charge in [0, 0.05) is 16.7 Å². The van der Waals surface area contributed by atoms with Gasteiger partial charge in [-0.2, -0.15) is 4.98 Å². The summed E-state index contributed by atoms with van der Waals surface area (Å²) in [4.78, 5) is 16.6. The van der Waals surface area contributed by atoms with E-state index in [2.05, 4.69) is 20.2 Å². The second-order valence-electron chi connectivity index (χ2n) is 8.72. The van der Waals surface area contributed by atoms with Crippen molar-refractivity contribution >= 4 is 27.3 Å². The smallest absolute Gasteiger partial charge is 0.261 e. The minimum atomic E-state index is -3.85. The van der Waals surface area contributed by atoms with Gasteiger partial charge in [-0.1, -0.05) is 18.1 Å². The van der Waals surface area contributed by atoms with E-state index in [1.165, 1.54) is 12.1 Å². The minimum absolute atomic E-state index is 0.0620. The fourth-order valence-corrected chi connectivity index (χ4v) is 4.37. The van der Waals surface area contributed by atoms with Gasteiger partial charge in [0.15, 0.2) is 0 Å². The topological polar surface area (TPSA) is 166 Å². The summed E-state index contributed by atoms with van der Waals surface area (Å²) in [5.74, 6) is 0.570. The number of nitrogens with one attached hydrogen (secondary N) is 2. The number of amides is 1. The molecule has 11 heteroatoms. The van der Waals surface area contributed by atoms with Crippen LogP contribution in [0.4, 0.5) is 11.4 Å². The number of nitrogens with two attached hydrogens (primary N) is 2. The van der Waals surface area contributed by atoms with Crippen LogP contribution in [-0.2, 0) is 14.8 Å². The molecule has 1 heterocycles. The maximum absolute atomic E-state index is 12.9. The van der Waals surface area contributed by atoms with Crippen LogP contribution < -0.4 is 21.5 Å². The highest BCUT2D eigenvalue weighted by atomic mass is 32.2. The number of carbonyl (C=O) groups is 1. The van der Waals surface area contributed by atoms with E-state index in [0.717, 1.165) is 19.3 Å². The standard InChI is InChI=1S/C23H28N6O4S/c1-23(11-12-23)22(30)26-16-4-2-5-17(14-16)29-34(31,32)18-9-7-15(8-10-18)20-27-21(33-28-20)19(25)6-3-13-24/h2,4-5,7-10,14,19,29H,3,6,11-13,24-25H2,1H3,(H,26,30)/t19-/m0/s1. The van der Waals surface area contributed by atoms with E-state index in [1.807, 2.05) is 6.92 Å². The summed E-state index contributed by atoms with van der Waals surface area (Å²) in [5.41, 5.74) is 12.7. The van der Waals surface area contributed by atoms with Crippen LogP contribution >= 0.6 is 0 Å². The zero-order chi connectivity index (χ0) is 24.3. The van der Waals surface area contributed by atoms with Crippen LogP contribution in [0.25, 0.3) is 11.4 Å². The third-order valence-corrected chi connectivity index (χ3v) is 7.22. The fourth-order valence-electron chi connectivity index (χ4n) is 3.32. The Morgan fingerprint density at radius 1 is 1.18 bits per heavy atom. The van der Waals surface area contributed by atoms with Gasteiger partial charge in [0.25, 0.3) is 10.0 Å². The first-order valence-corrected chi connectivity index (χ1v) is 12.5. The quantitative estimate of drug-likeness (QED) is 0.341. The van der Waals surface area contributed by atoms with Crippen LogP contribution in [0, 0.1) is 5.41 Å². The number of anilines is 2. The van der Waals surface area contributed by atoms with Crippen molar-refractivity contribution in [2.75, 3.05) is 16.6 Å². The molecule has 1 amide bonds. The molecule has 0 saturated heterocycles. The number of sulfonamides is 1. The number of hydrogen-bond acceptors (Lipinski definition) is 8. The Balaban J connectivity index is 1.44. The molecular formula is C23H28N6O4S. The summed E-state index contributed by atoms with van der Waals surface area (Å²) in [5, 5.41) is 6.78. The summed E-state index contributed by atoms with van der Waals surface area (Å²) in [6.07, 6.45) is 3.08. The van der Waals surface area contributed by atoms with Crippen molar-refractivity contribution in [2.24, 2.45) is 16.9 Å². The largest absolute Gasteiger partial charge is 0.337 e. The maximum Gasteiger partial charge on any atom is 0.261 e. The van der Waals surface area contributed by atoms with Gasteiger partial charge in [0.1, 0.15) is 0 Å². The molecule has 1 aliphatic rings. The molecule has 1 aromatic heterocycles. The molecule has 0 aliphatic heterocycles. The van der Waals surface area contributed by atoms with Gasteiger partial charge in [-0.3, -0.25) is 9.52 Å². The molecule has 1 aliphatic carbocycles. The second kappa shape index (κ2) is 9.53. The van der Waals surface area contributed by atoms with Crippen LogP contribution in [0.1, 0.15) is 44.5 Å². The average Bonchev–Trinajstić information content (AvgIpc) is 3.38. The van der Waals surface area contributed by atoms with Crippen molar-refractivity contribution in [1.82, 2.24) is 10.1 Å². The highest BCUT2D eigenvalue weighted by molar-refractivity contribution is 7.92. The van der Waals surface area contributed by atoms with E-state index in [9.17, 15) is 13.2 Å². The maximum atomic E-state index is 12.9. The lowest BCUT2D eigenvalue weighted by Crippen LogP contribution is -2.21. The third-order valence-electron chi connectivity index (χ3n) is 5.82. The first-order chi connectivity index (χ1) is 16.2. The number of benzene rings is 2. The highest BCUT2D eigenvalue weighted by Crippen LogP contribution is 2.45. The Morgan fingerprint density at radius 3 is 2.56 bits per heavy atom. The van der Waals surface area contributed by atoms with Gasteiger partial charge in [-0.25, -0.2) is 8.42 Å². The van der Waals surface area contributed by atoms with Crippen molar-refractivity contribution in [1.29, 1.82) is 0 Å². The Bertz CT molecular complexity index is 1270. The van der Waals surface area contributed by atoms with Crippen molar-refractivity contribution in [3.05, 3.63) is 54.4 Å². The Hall–Kier alpha value is -3.28. The fraction of sp³-hybridized carbons (Fsp3) is 0.348. The lowest BCUT2D eigenvalue weighted by Gasteiger charge is -2.12. The molecule has 4 rings (SSSR count). The van der Waals surface area contributed by atoms with Crippen LogP contribution in [0.15, 0.2) is 57.9 Å². The summed E-state index contributed by atoms with van der Waals surface area (Å²) < 4.78 is 33.5. The van der Waals surface area contributed by atoms with Crippen molar-refractivity contribution in [3.63, 3.8) is 0 Å². The van der Waals surface area contributed by atoms with Crippen molar-refractivity contribution < 1.29 is 17.7 Å². The zero-order valence-electron chi connectivity index (χ0n) is 18.8.